The zero-order valence-corrected chi connectivity index (χ0v) is 7.47. The van der Waals surface area contributed by atoms with E-state index in [1.165, 1.54) is 0 Å². The molecule has 0 amide bonds. The average molecular weight is 256 g/mol. The predicted octanol–water partition coefficient (Wildman–Crippen LogP) is 2.03. The molecule has 96 valence electrons. The Hall–Kier alpha value is -1.02. The molecule has 0 spiro atoms. The molecule has 0 aromatic rings. The molecule has 0 aliphatic carbocycles. The fourth-order valence-corrected chi connectivity index (χ4v) is 0.788. The topological polar surface area (TPSA) is 37.3 Å². The Morgan fingerprint density at radius 2 is 1.12 bits per heavy atom. The molecule has 5 atom stereocenters. The van der Waals surface area contributed by atoms with Crippen LogP contribution < -0.4 is 0 Å². The van der Waals surface area contributed by atoms with E-state index in [0.717, 1.165) is 0 Å². The number of hydrogen-bond donors (Lipinski definition) is 1. The maximum absolute atomic E-state index is 12.6. The molecule has 0 fully saturated rings. The van der Waals surface area contributed by atoms with E-state index in [2.05, 4.69) is 0 Å². The van der Waals surface area contributed by atoms with Crippen molar-refractivity contribution >= 4 is 5.97 Å². The molecule has 0 saturated carbocycles. The van der Waals surface area contributed by atoms with Gasteiger partial charge in [-0.15, -0.1) is 0 Å². The third kappa shape index (κ3) is 3.53. The van der Waals surface area contributed by atoms with Crippen molar-refractivity contribution in [2.45, 2.75) is 37.3 Å². The van der Waals surface area contributed by atoms with Gasteiger partial charge in [0.15, 0.2) is 24.7 Å². The fraction of sp³-hybridized carbons (Fsp3) is 0.857. The van der Waals surface area contributed by atoms with E-state index < -0.39 is 43.3 Å². The molecular formula is C7H7F7O2. The number of rotatable bonds is 6. The summed E-state index contributed by atoms with van der Waals surface area (Å²) in [7, 11) is 0. The number of hydrogen-bond acceptors (Lipinski definition) is 1. The van der Waals surface area contributed by atoms with Crippen molar-refractivity contribution in [2.75, 3.05) is 0 Å². The van der Waals surface area contributed by atoms with Gasteiger partial charge in [-0.25, -0.2) is 35.5 Å². The van der Waals surface area contributed by atoms with Gasteiger partial charge in [-0.2, -0.15) is 0 Å². The van der Waals surface area contributed by atoms with Gasteiger partial charge in [-0.1, -0.05) is 0 Å². The summed E-state index contributed by atoms with van der Waals surface area (Å²) in [6.07, 6.45) is -21.8. The summed E-state index contributed by atoms with van der Waals surface area (Å²) >= 11 is 0. The highest BCUT2D eigenvalue weighted by atomic mass is 19.3. The number of carboxylic acid groups (broad SMARTS) is 1. The Labute approximate surface area is 85.0 Å². The first-order chi connectivity index (χ1) is 7.20. The summed E-state index contributed by atoms with van der Waals surface area (Å²) in [6, 6.07) is 0. The number of carbonyl (C=O) groups is 1. The van der Waals surface area contributed by atoms with Gasteiger partial charge in [0, 0.05) is 0 Å². The van der Waals surface area contributed by atoms with Crippen LogP contribution in [0.3, 0.4) is 0 Å². The highest BCUT2D eigenvalue weighted by molar-refractivity contribution is 5.73. The van der Waals surface area contributed by atoms with Crippen LogP contribution in [0.25, 0.3) is 0 Å². The molecule has 16 heavy (non-hydrogen) atoms. The maximum atomic E-state index is 12.6. The monoisotopic (exact) mass is 256 g/mol. The summed E-state index contributed by atoms with van der Waals surface area (Å²) in [5.41, 5.74) is 0. The molecule has 0 aliphatic rings. The Kier molecular flexibility index (Phi) is 5.52. The van der Waals surface area contributed by atoms with Crippen molar-refractivity contribution < 1.29 is 40.6 Å². The van der Waals surface area contributed by atoms with Crippen LogP contribution in [0.15, 0.2) is 0 Å². The van der Waals surface area contributed by atoms with Gasteiger partial charge in [0.1, 0.15) is 0 Å². The number of halogens is 7. The lowest BCUT2D eigenvalue weighted by Gasteiger charge is -2.20. The van der Waals surface area contributed by atoms with Gasteiger partial charge in [0.25, 0.3) is 6.43 Å². The Morgan fingerprint density at radius 1 is 0.750 bits per heavy atom. The van der Waals surface area contributed by atoms with E-state index in [1.807, 2.05) is 0 Å². The van der Waals surface area contributed by atoms with E-state index in [1.54, 1.807) is 0 Å². The average Bonchev–Trinajstić information content (AvgIpc) is 2.23. The third-order valence-electron chi connectivity index (χ3n) is 1.67. The zero-order chi connectivity index (χ0) is 13.0. The molecule has 0 aromatic heterocycles. The van der Waals surface area contributed by atoms with Crippen LogP contribution in [0.1, 0.15) is 0 Å². The standard InChI is InChI=1S/C7H7F7O2/c8-1(2(9)4(11)6(13)14)3(10)5(12)7(15)16/h1-6H,(H,15,16). The lowest BCUT2D eigenvalue weighted by molar-refractivity contribution is -0.148. The molecule has 1 N–H and O–H groups in total. The largest absolute Gasteiger partial charge is 0.479 e. The van der Waals surface area contributed by atoms with E-state index >= 15 is 0 Å². The molecule has 0 aromatic carbocycles. The summed E-state index contributed by atoms with van der Waals surface area (Å²) in [5.74, 6) is -2.44. The van der Waals surface area contributed by atoms with Crippen molar-refractivity contribution in [3.63, 3.8) is 0 Å². The van der Waals surface area contributed by atoms with Crippen molar-refractivity contribution in [1.29, 1.82) is 0 Å². The summed E-state index contributed by atoms with van der Waals surface area (Å²) in [6.45, 7) is 0. The highest BCUT2D eigenvalue weighted by Gasteiger charge is 2.45. The van der Waals surface area contributed by atoms with Crippen molar-refractivity contribution in [1.82, 2.24) is 0 Å². The predicted molar refractivity (Wildman–Crippen MR) is 38.1 cm³/mol. The molecule has 0 rings (SSSR count). The Morgan fingerprint density at radius 3 is 1.44 bits per heavy atom. The summed E-state index contributed by atoms with van der Waals surface area (Å²) < 4.78 is 85.2. The zero-order valence-electron chi connectivity index (χ0n) is 7.47. The first-order valence-electron chi connectivity index (χ1n) is 3.91. The third-order valence-corrected chi connectivity index (χ3v) is 1.67. The molecule has 0 aliphatic heterocycles. The quantitative estimate of drug-likeness (QED) is 0.738. The second kappa shape index (κ2) is 5.90. The van der Waals surface area contributed by atoms with Gasteiger partial charge in [-0.3, -0.25) is 0 Å². The molecule has 5 unspecified atom stereocenters. The van der Waals surface area contributed by atoms with Gasteiger partial charge in [0.2, 0.25) is 6.17 Å². The molecule has 0 heterocycles. The van der Waals surface area contributed by atoms with E-state index in [9.17, 15) is 35.5 Å². The van der Waals surface area contributed by atoms with Crippen LogP contribution in [0.5, 0.6) is 0 Å². The van der Waals surface area contributed by atoms with E-state index in [0.29, 0.717) is 0 Å². The number of aliphatic carboxylic acids is 1. The Bertz CT molecular complexity index is 237. The minimum Gasteiger partial charge on any atom is -0.479 e. The molecular weight excluding hydrogens is 249 g/mol. The van der Waals surface area contributed by atoms with Crippen LogP contribution in [-0.4, -0.2) is 48.4 Å². The van der Waals surface area contributed by atoms with Crippen LogP contribution >= 0.6 is 0 Å². The normalized spacial score (nSPS) is 21.2. The second-order valence-electron chi connectivity index (χ2n) is 2.85. The summed E-state index contributed by atoms with van der Waals surface area (Å²) in [5, 5.41) is 7.88. The second-order valence-corrected chi connectivity index (χ2v) is 2.85. The van der Waals surface area contributed by atoms with Crippen LogP contribution in [0.2, 0.25) is 0 Å². The number of alkyl halides is 7. The highest BCUT2D eigenvalue weighted by Crippen LogP contribution is 2.24. The summed E-state index contributed by atoms with van der Waals surface area (Å²) in [4.78, 5) is 9.83. The first-order valence-corrected chi connectivity index (χ1v) is 3.91. The fourth-order valence-electron chi connectivity index (χ4n) is 0.788. The van der Waals surface area contributed by atoms with Gasteiger partial charge >= 0.3 is 5.97 Å². The maximum Gasteiger partial charge on any atom is 0.341 e. The molecule has 0 radical (unpaired) electrons. The Balaban J connectivity index is 4.54. The van der Waals surface area contributed by atoms with Crippen molar-refractivity contribution in [3.05, 3.63) is 0 Å². The number of carboxylic acids is 1. The minimum absolute atomic E-state index is 2.44. The lowest BCUT2D eigenvalue weighted by Crippen LogP contribution is -2.44. The van der Waals surface area contributed by atoms with E-state index in [4.69, 9.17) is 5.11 Å². The van der Waals surface area contributed by atoms with E-state index in [-0.39, 0.29) is 0 Å². The van der Waals surface area contributed by atoms with Crippen LogP contribution in [0, 0.1) is 0 Å². The SMILES string of the molecule is O=C(O)C(F)C(F)C(F)C(F)C(F)C(F)F. The van der Waals surface area contributed by atoms with Crippen LogP contribution in [0.4, 0.5) is 30.7 Å². The first kappa shape index (κ1) is 15.0. The van der Waals surface area contributed by atoms with Gasteiger partial charge in [0.05, 0.1) is 0 Å². The lowest BCUT2D eigenvalue weighted by atomic mass is 10.0. The molecule has 0 bridgehead atoms. The van der Waals surface area contributed by atoms with Crippen LogP contribution in [-0.2, 0) is 4.79 Å². The molecule has 2 nitrogen and oxygen atoms in total. The van der Waals surface area contributed by atoms with Crippen molar-refractivity contribution in [2.24, 2.45) is 0 Å². The molecule has 9 heteroatoms. The van der Waals surface area contributed by atoms with Crippen molar-refractivity contribution in [3.8, 4) is 0 Å². The van der Waals surface area contributed by atoms with Gasteiger partial charge < -0.3 is 5.11 Å². The molecule has 0 saturated heterocycles. The smallest absolute Gasteiger partial charge is 0.341 e. The minimum atomic E-state index is -3.91. The van der Waals surface area contributed by atoms with Gasteiger partial charge in [-0.05, 0) is 0 Å².